The Morgan fingerprint density at radius 2 is 2.21 bits per heavy atom. The van der Waals surface area contributed by atoms with Crippen molar-refractivity contribution in [2.24, 2.45) is 5.92 Å². The van der Waals surface area contributed by atoms with Crippen LogP contribution >= 0.6 is 12.2 Å². The topological polar surface area (TPSA) is 46.8 Å². The summed E-state index contributed by atoms with van der Waals surface area (Å²) in [5.41, 5.74) is 0. The summed E-state index contributed by atoms with van der Waals surface area (Å²) in [5, 5.41) is 7.23. The van der Waals surface area contributed by atoms with Crippen molar-refractivity contribution in [2.45, 2.75) is 45.1 Å². The first-order valence-electron chi connectivity index (χ1n) is 6.98. The molecule has 1 atom stereocenters. The molecule has 19 heavy (non-hydrogen) atoms. The Morgan fingerprint density at radius 1 is 1.42 bits per heavy atom. The van der Waals surface area contributed by atoms with Crippen molar-refractivity contribution in [1.82, 2.24) is 14.8 Å². The fourth-order valence-electron chi connectivity index (χ4n) is 3.09. The van der Waals surface area contributed by atoms with Crippen molar-refractivity contribution < 1.29 is 4.42 Å². The van der Waals surface area contributed by atoms with Crippen molar-refractivity contribution in [3.8, 4) is 11.6 Å². The summed E-state index contributed by atoms with van der Waals surface area (Å²) in [5.74, 6) is 2.27. The Morgan fingerprint density at radius 3 is 2.89 bits per heavy atom. The smallest absolute Gasteiger partial charge is 0.198 e. The van der Waals surface area contributed by atoms with E-state index >= 15 is 0 Å². The molecule has 0 bridgehead atoms. The lowest BCUT2D eigenvalue weighted by Crippen LogP contribution is -2.20. The second-order valence-corrected chi connectivity index (χ2v) is 5.73. The highest BCUT2D eigenvalue weighted by molar-refractivity contribution is 7.71. The number of aromatic nitrogens is 3. The van der Waals surface area contributed by atoms with Crippen LogP contribution in [0.5, 0.6) is 0 Å². The van der Waals surface area contributed by atoms with Crippen LogP contribution in [-0.2, 0) is 0 Å². The largest absolute Gasteiger partial charge is 0.461 e. The van der Waals surface area contributed by atoms with Crippen LogP contribution in [0.15, 0.2) is 22.8 Å². The maximum absolute atomic E-state index is 5.46. The van der Waals surface area contributed by atoms with Crippen LogP contribution in [0.25, 0.3) is 11.6 Å². The van der Waals surface area contributed by atoms with Gasteiger partial charge in [0, 0.05) is 6.04 Å². The Balaban J connectivity index is 1.95. The third-order valence-electron chi connectivity index (χ3n) is 4.19. The molecule has 2 aromatic heterocycles. The first kappa shape index (κ1) is 12.7. The summed E-state index contributed by atoms with van der Waals surface area (Å²) < 4.78 is 8.26. The second-order valence-electron chi connectivity index (χ2n) is 5.34. The summed E-state index contributed by atoms with van der Waals surface area (Å²) in [6, 6.07) is 4.17. The lowest BCUT2D eigenvalue weighted by atomic mass is 9.84. The fourth-order valence-corrected chi connectivity index (χ4v) is 3.39. The minimum absolute atomic E-state index is 0.367. The number of nitrogens with zero attached hydrogens (tertiary/aromatic N) is 2. The molecule has 1 aliphatic rings. The molecule has 5 heteroatoms. The third-order valence-corrected chi connectivity index (χ3v) is 4.47. The van der Waals surface area contributed by atoms with Crippen LogP contribution in [0.4, 0.5) is 0 Å². The molecule has 4 nitrogen and oxygen atoms in total. The Kier molecular flexibility index (Phi) is 3.55. The van der Waals surface area contributed by atoms with Crippen LogP contribution in [0.2, 0.25) is 0 Å². The van der Waals surface area contributed by atoms with E-state index in [-0.39, 0.29) is 0 Å². The van der Waals surface area contributed by atoms with Gasteiger partial charge in [-0.05, 0) is 50.0 Å². The van der Waals surface area contributed by atoms with Gasteiger partial charge < -0.3 is 4.42 Å². The Bertz CT molecular complexity index is 578. The van der Waals surface area contributed by atoms with Gasteiger partial charge in [-0.25, -0.2) is 0 Å². The minimum atomic E-state index is 0.367. The van der Waals surface area contributed by atoms with Crippen molar-refractivity contribution >= 4 is 12.2 Å². The van der Waals surface area contributed by atoms with Crippen LogP contribution in [0.1, 0.15) is 45.1 Å². The van der Waals surface area contributed by atoms with Gasteiger partial charge in [0.25, 0.3) is 0 Å². The molecule has 2 heterocycles. The van der Waals surface area contributed by atoms with Gasteiger partial charge in [0.15, 0.2) is 16.4 Å². The molecule has 0 radical (unpaired) electrons. The highest BCUT2D eigenvalue weighted by atomic mass is 32.1. The molecule has 3 rings (SSSR count). The van der Waals surface area contributed by atoms with Gasteiger partial charge in [-0.3, -0.25) is 9.67 Å². The number of hydrogen-bond donors (Lipinski definition) is 1. The van der Waals surface area contributed by atoms with Gasteiger partial charge in [-0.15, -0.1) is 0 Å². The van der Waals surface area contributed by atoms with Gasteiger partial charge in [0.05, 0.1) is 6.26 Å². The summed E-state index contributed by atoms with van der Waals surface area (Å²) >= 11 is 5.40. The lowest BCUT2D eigenvalue weighted by molar-refractivity contribution is 0.263. The zero-order chi connectivity index (χ0) is 13.2. The van der Waals surface area contributed by atoms with E-state index in [0.717, 1.165) is 11.6 Å². The SMILES string of the molecule is CC(C1CCCCC1)n1c(-c2ccco2)n[nH]c1=S. The van der Waals surface area contributed by atoms with Crippen LogP contribution in [-0.4, -0.2) is 14.8 Å². The van der Waals surface area contributed by atoms with Crippen molar-refractivity contribution in [3.05, 3.63) is 23.2 Å². The molecular weight excluding hydrogens is 258 g/mol. The molecule has 2 aromatic rings. The number of furan rings is 1. The zero-order valence-corrected chi connectivity index (χ0v) is 11.9. The van der Waals surface area contributed by atoms with Crippen molar-refractivity contribution in [3.63, 3.8) is 0 Å². The maximum atomic E-state index is 5.46. The number of hydrogen-bond acceptors (Lipinski definition) is 3. The van der Waals surface area contributed by atoms with Crippen molar-refractivity contribution in [1.29, 1.82) is 0 Å². The quantitative estimate of drug-likeness (QED) is 0.849. The molecule has 1 fully saturated rings. The first-order valence-corrected chi connectivity index (χ1v) is 7.39. The summed E-state index contributed by atoms with van der Waals surface area (Å²) in [6.07, 6.45) is 8.26. The highest BCUT2D eigenvalue weighted by Crippen LogP contribution is 2.34. The molecule has 0 saturated heterocycles. The van der Waals surface area contributed by atoms with Gasteiger partial charge >= 0.3 is 0 Å². The zero-order valence-electron chi connectivity index (χ0n) is 11.1. The molecule has 1 saturated carbocycles. The van der Waals surface area contributed by atoms with Crippen LogP contribution in [0, 0.1) is 10.7 Å². The normalized spacial score (nSPS) is 18.6. The van der Waals surface area contributed by atoms with E-state index in [1.54, 1.807) is 6.26 Å². The Hall–Kier alpha value is -1.36. The van der Waals surface area contributed by atoms with E-state index in [0.29, 0.717) is 16.7 Å². The fraction of sp³-hybridized carbons (Fsp3) is 0.571. The van der Waals surface area contributed by atoms with E-state index in [2.05, 4.69) is 21.7 Å². The molecule has 0 spiro atoms. The summed E-state index contributed by atoms with van der Waals surface area (Å²) in [6.45, 7) is 2.24. The second kappa shape index (κ2) is 5.33. The highest BCUT2D eigenvalue weighted by Gasteiger charge is 2.25. The predicted octanol–water partition coefficient (Wildman–Crippen LogP) is 4.34. The molecule has 102 valence electrons. The number of H-pyrrole nitrogens is 1. The molecule has 0 aromatic carbocycles. The monoisotopic (exact) mass is 277 g/mol. The average molecular weight is 277 g/mol. The number of aromatic amines is 1. The molecule has 0 amide bonds. The van der Waals surface area contributed by atoms with E-state index in [1.165, 1.54) is 32.1 Å². The van der Waals surface area contributed by atoms with Crippen LogP contribution < -0.4 is 0 Å². The number of rotatable bonds is 3. The lowest BCUT2D eigenvalue weighted by Gasteiger charge is -2.28. The summed E-state index contributed by atoms with van der Waals surface area (Å²) in [4.78, 5) is 0. The van der Waals surface area contributed by atoms with Gasteiger partial charge in [-0.1, -0.05) is 19.3 Å². The van der Waals surface area contributed by atoms with E-state index in [1.807, 2.05) is 12.1 Å². The van der Waals surface area contributed by atoms with Crippen molar-refractivity contribution in [2.75, 3.05) is 0 Å². The first-order chi connectivity index (χ1) is 9.27. The molecule has 1 N–H and O–H groups in total. The molecule has 0 aliphatic heterocycles. The molecule has 1 unspecified atom stereocenters. The average Bonchev–Trinajstić information content (AvgIpc) is 3.08. The number of nitrogens with one attached hydrogen (secondary N) is 1. The predicted molar refractivity (Wildman–Crippen MR) is 76.4 cm³/mol. The third kappa shape index (κ3) is 2.39. The van der Waals surface area contributed by atoms with Gasteiger partial charge in [0.1, 0.15) is 0 Å². The molecule has 1 aliphatic carbocycles. The van der Waals surface area contributed by atoms with E-state index in [9.17, 15) is 0 Å². The van der Waals surface area contributed by atoms with Gasteiger partial charge in [-0.2, -0.15) is 5.10 Å². The molecular formula is C14H19N3OS. The van der Waals surface area contributed by atoms with Gasteiger partial charge in [0.2, 0.25) is 0 Å². The van der Waals surface area contributed by atoms with E-state index < -0.39 is 0 Å². The standard InChI is InChI=1S/C14H19N3OS/c1-10(11-6-3-2-4-7-11)17-13(15-16-14(17)19)12-8-5-9-18-12/h5,8-11H,2-4,6-7H2,1H3,(H,16,19). The maximum Gasteiger partial charge on any atom is 0.198 e. The van der Waals surface area contributed by atoms with Crippen LogP contribution in [0.3, 0.4) is 0 Å². The Labute approximate surface area is 117 Å². The summed E-state index contributed by atoms with van der Waals surface area (Å²) in [7, 11) is 0. The minimum Gasteiger partial charge on any atom is -0.461 e. The van der Waals surface area contributed by atoms with E-state index in [4.69, 9.17) is 16.6 Å².